The van der Waals surface area contributed by atoms with Crippen LogP contribution in [0.3, 0.4) is 0 Å². The minimum atomic E-state index is -4.34. The number of alkyl halides is 3. The highest BCUT2D eigenvalue weighted by Gasteiger charge is 2.29. The number of carbonyl (C=O) groups is 1. The standard InChI is InChI=1S/C12H10BrF3O3/c13-8-6-11-10(18-3-4-19-11)5-7(8)9(17)1-2-12(14,15)16/h5-6H,1-4H2. The lowest BCUT2D eigenvalue weighted by molar-refractivity contribution is -0.133. The van der Waals surface area contributed by atoms with E-state index in [9.17, 15) is 18.0 Å². The van der Waals surface area contributed by atoms with Crippen molar-refractivity contribution in [3.8, 4) is 11.5 Å². The van der Waals surface area contributed by atoms with Gasteiger partial charge in [-0.25, -0.2) is 0 Å². The van der Waals surface area contributed by atoms with Gasteiger partial charge in [0, 0.05) is 16.5 Å². The Balaban J connectivity index is 2.17. The van der Waals surface area contributed by atoms with Gasteiger partial charge in [-0.3, -0.25) is 4.79 Å². The Morgan fingerprint density at radius 2 is 1.79 bits per heavy atom. The number of rotatable bonds is 3. The molecule has 7 heteroatoms. The number of halogens is 4. The molecule has 19 heavy (non-hydrogen) atoms. The molecule has 0 radical (unpaired) electrons. The van der Waals surface area contributed by atoms with Crippen molar-refractivity contribution in [1.29, 1.82) is 0 Å². The van der Waals surface area contributed by atoms with Crippen molar-refractivity contribution in [2.45, 2.75) is 19.0 Å². The van der Waals surface area contributed by atoms with E-state index in [-0.39, 0.29) is 5.56 Å². The summed E-state index contributed by atoms with van der Waals surface area (Å²) in [6.07, 6.45) is -6.05. The molecular weight excluding hydrogens is 329 g/mol. The highest BCUT2D eigenvalue weighted by atomic mass is 79.9. The normalized spacial score (nSPS) is 14.3. The molecule has 0 atom stereocenters. The Bertz CT molecular complexity index is 500. The Hall–Kier alpha value is -1.24. The Morgan fingerprint density at radius 1 is 1.21 bits per heavy atom. The molecule has 104 valence electrons. The maximum atomic E-state index is 12.1. The van der Waals surface area contributed by atoms with Crippen molar-refractivity contribution in [3.05, 3.63) is 22.2 Å². The first kappa shape index (κ1) is 14.2. The summed E-state index contributed by atoms with van der Waals surface area (Å²) in [5.74, 6) is 0.275. The predicted molar refractivity (Wildman–Crippen MR) is 64.8 cm³/mol. The lowest BCUT2D eigenvalue weighted by atomic mass is 10.1. The van der Waals surface area contributed by atoms with Gasteiger partial charge >= 0.3 is 6.18 Å². The van der Waals surface area contributed by atoms with Crippen LogP contribution in [-0.4, -0.2) is 25.2 Å². The van der Waals surface area contributed by atoms with E-state index in [0.717, 1.165) is 0 Å². The smallest absolute Gasteiger partial charge is 0.389 e. The molecule has 0 aromatic heterocycles. The van der Waals surface area contributed by atoms with E-state index in [1.54, 1.807) is 0 Å². The van der Waals surface area contributed by atoms with Crippen molar-refractivity contribution < 1.29 is 27.4 Å². The monoisotopic (exact) mass is 338 g/mol. The molecule has 0 N–H and O–H groups in total. The van der Waals surface area contributed by atoms with Crippen LogP contribution in [0.15, 0.2) is 16.6 Å². The first-order valence-corrected chi connectivity index (χ1v) is 6.35. The van der Waals surface area contributed by atoms with Crippen LogP contribution in [0.25, 0.3) is 0 Å². The first-order chi connectivity index (χ1) is 8.87. The fourth-order valence-electron chi connectivity index (χ4n) is 1.67. The molecule has 1 aliphatic heterocycles. The molecule has 3 nitrogen and oxygen atoms in total. The van der Waals surface area contributed by atoms with Crippen LogP contribution < -0.4 is 9.47 Å². The second-order valence-corrected chi connectivity index (χ2v) is 4.87. The summed E-state index contributed by atoms with van der Waals surface area (Å²) in [7, 11) is 0. The van der Waals surface area contributed by atoms with E-state index in [2.05, 4.69) is 15.9 Å². The topological polar surface area (TPSA) is 35.5 Å². The molecular formula is C12H10BrF3O3. The zero-order valence-electron chi connectivity index (χ0n) is 9.72. The predicted octanol–water partition coefficient (Wildman–Crippen LogP) is 3.75. The molecule has 1 aromatic carbocycles. The van der Waals surface area contributed by atoms with Crippen molar-refractivity contribution in [2.24, 2.45) is 0 Å². The van der Waals surface area contributed by atoms with Crippen molar-refractivity contribution in [1.82, 2.24) is 0 Å². The summed E-state index contributed by atoms with van der Waals surface area (Å²) < 4.78 is 47.3. The van der Waals surface area contributed by atoms with E-state index in [1.165, 1.54) is 12.1 Å². The SMILES string of the molecule is O=C(CCC(F)(F)F)c1cc2c(cc1Br)OCCO2. The lowest BCUT2D eigenvalue weighted by Gasteiger charge is -2.19. The minimum Gasteiger partial charge on any atom is -0.486 e. The van der Waals surface area contributed by atoms with E-state index >= 15 is 0 Å². The maximum Gasteiger partial charge on any atom is 0.389 e. The average molecular weight is 339 g/mol. The minimum absolute atomic E-state index is 0.175. The summed E-state index contributed by atoms with van der Waals surface area (Å²) in [6.45, 7) is 0.756. The second kappa shape index (κ2) is 5.40. The van der Waals surface area contributed by atoms with Gasteiger partial charge in [-0.15, -0.1) is 0 Å². The molecule has 1 aliphatic rings. The summed E-state index contributed by atoms with van der Waals surface area (Å²) in [4.78, 5) is 11.8. The van der Waals surface area contributed by atoms with Gasteiger partial charge in [0.05, 0.1) is 6.42 Å². The van der Waals surface area contributed by atoms with Crippen LogP contribution in [0.4, 0.5) is 13.2 Å². The Labute approximate surface area is 115 Å². The van der Waals surface area contributed by atoms with Gasteiger partial charge in [-0.1, -0.05) is 0 Å². The van der Waals surface area contributed by atoms with Crippen LogP contribution in [0.1, 0.15) is 23.2 Å². The number of hydrogen-bond acceptors (Lipinski definition) is 3. The fraction of sp³-hybridized carbons (Fsp3) is 0.417. The van der Waals surface area contributed by atoms with Crippen molar-refractivity contribution >= 4 is 21.7 Å². The van der Waals surface area contributed by atoms with Gasteiger partial charge in [0.2, 0.25) is 0 Å². The van der Waals surface area contributed by atoms with E-state index in [0.29, 0.717) is 29.2 Å². The number of Topliss-reactive ketones (excluding diaryl/α,β-unsaturated/α-hetero) is 1. The number of benzene rings is 1. The zero-order valence-corrected chi connectivity index (χ0v) is 11.3. The quantitative estimate of drug-likeness (QED) is 0.787. The first-order valence-electron chi connectivity index (χ1n) is 5.56. The summed E-state index contributed by atoms with van der Waals surface area (Å²) in [6, 6.07) is 2.95. The molecule has 0 bridgehead atoms. The molecule has 0 aliphatic carbocycles. The number of ether oxygens (including phenoxy) is 2. The summed E-state index contributed by atoms with van der Waals surface area (Å²) >= 11 is 3.16. The Morgan fingerprint density at radius 3 is 2.37 bits per heavy atom. The van der Waals surface area contributed by atoms with Gasteiger partial charge in [-0.2, -0.15) is 13.2 Å². The average Bonchev–Trinajstić information content (AvgIpc) is 2.34. The van der Waals surface area contributed by atoms with Crippen LogP contribution >= 0.6 is 15.9 Å². The number of ketones is 1. The molecule has 0 amide bonds. The highest BCUT2D eigenvalue weighted by Crippen LogP contribution is 2.36. The number of carbonyl (C=O) groups excluding carboxylic acids is 1. The van der Waals surface area contributed by atoms with Crippen LogP contribution in [0.2, 0.25) is 0 Å². The molecule has 1 heterocycles. The third-order valence-corrected chi connectivity index (χ3v) is 3.22. The van der Waals surface area contributed by atoms with Gasteiger partial charge in [0.15, 0.2) is 17.3 Å². The largest absolute Gasteiger partial charge is 0.486 e. The third-order valence-electron chi connectivity index (χ3n) is 2.57. The van der Waals surface area contributed by atoms with Gasteiger partial charge in [-0.05, 0) is 28.1 Å². The van der Waals surface area contributed by atoms with E-state index in [4.69, 9.17) is 9.47 Å². The molecule has 0 fully saturated rings. The summed E-state index contributed by atoms with van der Waals surface area (Å²) in [5, 5.41) is 0. The molecule has 2 rings (SSSR count). The maximum absolute atomic E-state index is 12.1. The van der Waals surface area contributed by atoms with Crippen molar-refractivity contribution in [3.63, 3.8) is 0 Å². The molecule has 0 saturated carbocycles. The molecule has 1 aromatic rings. The van der Waals surface area contributed by atoms with E-state index < -0.39 is 24.8 Å². The summed E-state index contributed by atoms with van der Waals surface area (Å²) in [5.41, 5.74) is 0.175. The zero-order chi connectivity index (χ0) is 14.0. The number of hydrogen-bond donors (Lipinski definition) is 0. The van der Waals surface area contributed by atoms with Gasteiger partial charge in [0.1, 0.15) is 13.2 Å². The van der Waals surface area contributed by atoms with Crippen molar-refractivity contribution in [2.75, 3.05) is 13.2 Å². The van der Waals surface area contributed by atoms with E-state index in [1.807, 2.05) is 0 Å². The van der Waals surface area contributed by atoms with Crippen LogP contribution in [0.5, 0.6) is 11.5 Å². The third kappa shape index (κ3) is 3.62. The fourth-order valence-corrected chi connectivity index (χ4v) is 2.21. The molecule has 0 spiro atoms. The molecule has 0 unspecified atom stereocenters. The highest BCUT2D eigenvalue weighted by molar-refractivity contribution is 9.10. The lowest BCUT2D eigenvalue weighted by Crippen LogP contribution is -2.16. The molecule has 0 saturated heterocycles. The van der Waals surface area contributed by atoms with Crippen LogP contribution in [-0.2, 0) is 0 Å². The van der Waals surface area contributed by atoms with Crippen LogP contribution in [0, 0.1) is 0 Å². The van der Waals surface area contributed by atoms with Gasteiger partial charge < -0.3 is 9.47 Å². The number of fused-ring (bicyclic) bond motifs is 1. The van der Waals surface area contributed by atoms with Gasteiger partial charge in [0.25, 0.3) is 0 Å². The second-order valence-electron chi connectivity index (χ2n) is 4.01. The Kier molecular flexibility index (Phi) is 4.03.